The number of methoxy groups -OCH3 is 3. The quantitative estimate of drug-likeness (QED) is 0.332. The number of ether oxygens (including phenoxy) is 3. The zero-order chi connectivity index (χ0) is 23.5. The lowest BCUT2D eigenvalue weighted by molar-refractivity contribution is -0.140. The third kappa shape index (κ3) is 4.03. The van der Waals surface area contributed by atoms with Crippen LogP contribution in [0.15, 0.2) is 70.9 Å². The van der Waals surface area contributed by atoms with Crippen LogP contribution in [-0.4, -0.2) is 43.0 Å². The van der Waals surface area contributed by atoms with Crippen LogP contribution in [-0.2, 0) is 16.1 Å². The maximum Gasteiger partial charge on any atom is 0.296 e. The second-order valence-electron chi connectivity index (χ2n) is 7.35. The van der Waals surface area contributed by atoms with Crippen LogP contribution in [0, 0.1) is 0 Å². The molecule has 3 aromatic rings. The number of carbonyl (C=O) groups is 2. The molecule has 170 valence electrons. The number of hydrogen-bond acceptors (Lipinski definition) is 7. The van der Waals surface area contributed by atoms with Crippen LogP contribution in [0.25, 0.3) is 5.76 Å². The van der Waals surface area contributed by atoms with Crippen molar-refractivity contribution in [1.82, 2.24) is 4.90 Å². The van der Waals surface area contributed by atoms with Gasteiger partial charge in [-0.25, -0.2) is 0 Å². The van der Waals surface area contributed by atoms with Gasteiger partial charge in [0.1, 0.15) is 28.8 Å². The van der Waals surface area contributed by atoms with E-state index in [1.807, 2.05) is 0 Å². The number of Topliss-reactive ketones (excluding diaryl/α,β-unsaturated/α-hetero) is 1. The number of carbonyl (C=O) groups excluding carboxylic acids is 2. The minimum atomic E-state index is -0.864. The van der Waals surface area contributed by atoms with E-state index in [1.165, 1.54) is 32.5 Å². The summed E-state index contributed by atoms with van der Waals surface area (Å²) < 4.78 is 21.4. The Morgan fingerprint density at radius 2 is 1.73 bits per heavy atom. The molecule has 8 nitrogen and oxygen atoms in total. The van der Waals surface area contributed by atoms with E-state index in [0.29, 0.717) is 28.6 Å². The third-order valence-corrected chi connectivity index (χ3v) is 5.52. The molecule has 1 aromatic heterocycles. The number of aliphatic hydroxyl groups is 1. The van der Waals surface area contributed by atoms with Crippen molar-refractivity contribution in [3.8, 4) is 17.2 Å². The summed E-state index contributed by atoms with van der Waals surface area (Å²) >= 11 is 0. The molecule has 2 heterocycles. The van der Waals surface area contributed by atoms with Crippen LogP contribution >= 0.6 is 0 Å². The van der Waals surface area contributed by atoms with Gasteiger partial charge in [-0.15, -0.1) is 0 Å². The second kappa shape index (κ2) is 9.12. The van der Waals surface area contributed by atoms with Crippen LogP contribution in [0.4, 0.5) is 0 Å². The zero-order valence-corrected chi connectivity index (χ0v) is 18.4. The molecule has 0 bridgehead atoms. The number of amides is 1. The van der Waals surface area contributed by atoms with E-state index in [2.05, 4.69) is 0 Å². The molecule has 0 radical (unpaired) electrons. The minimum Gasteiger partial charge on any atom is -0.507 e. The van der Waals surface area contributed by atoms with Gasteiger partial charge in [0.05, 0.1) is 51.3 Å². The number of furan rings is 1. The summed E-state index contributed by atoms with van der Waals surface area (Å²) in [6, 6.07) is 14.4. The lowest BCUT2D eigenvalue weighted by atomic mass is 9.94. The number of ketones is 1. The molecule has 33 heavy (non-hydrogen) atoms. The Hall–Kier alpha value is -4.20. The van der Waals surface area contributed by atoms with Crippen molar-refractivity contribution in [3.63, 3.8) is 0 Å². The van der Waals surface area contributed by atoms with Crippen LogP contribution in [0.3, 0.4) is 0 Å². The lowest BCUT2D eigenvalue weighted by Gasteiger charge is -2.25. The maximum atomic E-state index is 13.2. The molecule has 1 N–H and O–H groups in total. The highest BCUT2D eigenvalue weighted by Crippen LogP contribution is 2.42. The number of likely N-dealkylation sites (tertiary alicyclic amines) is 1. The molecule has 0 saturated carbocycles. The van der Waals surface area contributed by atoms with Crippen molar-refractivity contribution < 1.29 is 33.3 Å². The van der Waals surface area contributed by atoms with Crippen molar-refractivity contribution in [2.75, 3.05) is 21.3 Å². The van der Waals surface area contributed by atoms with Gasteiger partial charge in [0.15, 0.2) is 0 Å². The van der Waals surface area contributed by atoms with Crippen molar-refractivity contribution in [2.24, 2.45) is 0 Å². The van der Waals surface area contributed by atoms with Crippen LogP contribution in [0.1, 0.15) is 22.9 Å². The number of aliphatic hydroxyl groups excluding tert-OH is 1. The van der Waals surface area contributed by atoms with Gasteiger partial charge >= 0.3 is 0 Å². The van der Waals surface area contributed by atoms with Crippen LogP contribution in [0.2, 0.25) is 0 Å². The topological polar surface area (TPSA) is 98.4 Å². The number of hydrogen-bond donors (Lipinski definition) is 1. The van der Waals surface area contributed by atoms with E-state index >= 15 is 0 Å². The Labute approximate surface area is 190 Å². The first-order valence-electron chi connectivity index (χ1n) is 10.2. The molecule has 1 amide bonds. The third-order valence-electron chi connectivity index (χ3n) is 5.52. The van der Waals surface area contributed by atoms with Gasteiger partial charge in [-0.2, -0.15) is 0 Å². The molecule has 1 atom stereocenters. The first-order chi connectivity index (χ1) is 16.0. The van der Waals surface area contributed by atoms with E-state index in [4.69, 9.17) is 18.6 Å². The van der Waals surface area contributed by atoms with E-state index in [-0.39, 0.29) is 23.4 Å². The highest BCUT2D eigenvalue weighted by atomic mass is 16.5. The van der Waals surface area contributed by atoms with Gasteiger partial charge in [0.25, 0.3) is 11.7 Å². The summed E-state index contributed by atoms with van der Waals surface area (Å²) in [5.74, 6) is -0.00923. The van der Waals surface area contributed by atoms with Gasteiger partial charge in [-0.1, -0.05) is 12.1 Å². The maximum absolute atomic E-state index is 13.2. The normalized spacial score (nSPS) is 17.3. The largest absolute Gasteiger partial charge is 0.507 e. The molecule has 4 rings (SSSR count). The summed E-state index contributed by atoms with van der Waals surface area (Å²) in [7, 11) is 4.49. The SMILES string of the molecule is COc1cccc(C2/C(=C(/O)c3ccc(OC)cc3OC)C(=O)C(=O)N2Cc2ccco2)c1. The Balaban J connectivity index is 1.90. The van der Waals surface area contributed by atoms with Crippen molar-refractivity contribution >= 4 is 17.4 Å². The lowest BCUT2D eigenvalue weighted by Crippen LogP contribution is -2.29. The molecule has 8 heteroatoms. The fraction of sp³-hybridized carbons (Fsp3) is 0.200. The molecular formula is C25H23NO7. The summed E-state index contributed by atoms with van der Waals surface area (Å²) in [4.78, 5) is 27.6. The molecule has 1 fully saturated rings. The summed E-state index contributed by atoms with van der Waals surface area (Å²) in [6.07, 6.45) is 1.49. The molecule has 1 saturated heterocycles. The van der Waals surface area contributed by atoms with Crippen molar-refractivity contribution in [2.45, 2.75) is 12.6 Å². The predicted molar refractivity (Wildman–Crippen MR) is 119 cm³/mol. The first kappa shape index (κ1) is 22.0. The number of rotatable bonds is 7. The fourth-order valence-electron chi connectivity index (χ4n) is 3.91. The number of benzene rings is 2. The van der Waals surface area contributed by atoms with Crippen molar-refractivity contribution in [1.29, 1.82) is 0 Å². The summed E-state index contributed by atoms with van der Waals surface area (Å²) in [5, 5.41) is 11.3. The molecule has 2 aromatic carbocycles. The van der Waals surface area contributed by atoms with E-state index in [1.54, 1.807) is 54.6 Å². The van der Waals surface area contributed by atoms with Gasteiger partial charge < -0.3 is 28.6 Å². The van der Waals surface area contributed by atoms with Gasteiger partial charge in [0.2, 0.25) is 0 Å². The molecule has 1 unspecified atom stereocenters. The zero-order valence-electron chi connectivity index (χ0n) is 18.4. The van der Waals surface area contributed by atoms with Gasteiger partial charge in [0, 0.05) is 6.07 Å². The molecule has 0 aliphatic carbocycles. The van der Waals surface area contributed by atoms with Gasteiger partial charge in [-0.3, -0.25) is 9.59 Å². The number of nitrogens with zero attached hydrogens (tertiary/aromatic N) is 1. The van der Waals surface area contributed by atoms with E-state index in [9.17, 15) is 14.7 Å². The smallest absolute Gasteiger partial charge is 0.296 e. The van der Waals surface area contributed by atoms with Crippen molar-refractivity contribution in [3.05, 3.63) is 83.3 Å². The second-order valence-corrected chi connectivity index (χ2v) is 7.35. The Bertz CT molecular complexity index is 1210. The first-order valence-corrected chi connectivity index (χ1v) is 10.2. The summed E-state index contributed by atoms with van der Waals surface area (Å²) in [6.45, 7) is 0.0516. The van der Waals surface area contributed by atoms with E-state index < -0.39 is 17.7 Å². The fourth-order valence-corrected chi connectivity index (χ4v) is 3.91. The highest BCUT2D eigenvalue weighted by Gasteiger charge is 2.46. The monoisotopic (exact) mass is 449 g/mol. The summed E-state index contributed by atoms with van der Waals surface area (Å²) in [5.41, 5.74) is 0.819. The molecule has 1 aliphatic rings. The molecular weight excluding hydrogens is 426 g/mol. The average molecular weight is 449 g/mol. The molecule has 0 spiro atoms. The standard InChI is InChI=1S/C25H23NO7/c1-30-16-7-4-6-15(12-16)22-21(23(27)19-10-9-17(31-2)13-20(19)32-3)24(28)25(29)26(22)14-18-8-5-11-33-18/h4-13,22,27H,14H2,1-3H3/b23-21-. The highest BCUT2D eigenvalue weighted by molar-refractivity contribution is 6.46. The molecule has 1 aliphatic heterocycles. The average Bonchev–Trinajstić information content (AvgIpc) is 3.45. The van der Waals surface area contributed by atoms with Crippen LogP contribution in [0.5, 0.6) is 17.2 Å². The van der Waals surface area contributed by atoms with Gasteiger partial charge in [-0.05, 0) is 42.0 Å². The Morgan fingerprint density at radius 3 is 2.39 bits per heavy atom. The van der Waals surface area contributed by atoms with E-state index in [0.717, 1.165) is 0 Å². The predicted octanol–water partition coefficient (Wildman–Crippen LogP) is 3.93. The Morgan fingerprint density at radius 1 is 0.970 bits per heavy atom. The Kier molecular flexibility index (Phi) is 6.08. The minimum absolute atomic E-state index is 0.0516. The van der Waals surface area contributed by atoms with Crippen LogP contribution < -0.4 is 14.2 Å².